The average Bonchev–Trinajstić information content (AvgIpc) is 3.10. The van der Waals surface area contributed by atoms with Crippen LogP contribution in [0.1, 0.15) is 18.4 Å². The third-order valence-electron chi connectivity index (χ3n) is 5.09. The van der Waals surface area contributed by atoms with Crippen molar-refractivity contribution in [1.82, 2.24) is 9.97 Å². The number of rotatable bonds is 4. The average molecular weight is 321 g/mol. The van der Waals surface area contributed by atoms with Crippen LogP contribution >= 0.6 is 0 Å². The predicted molar refractivity (Wildman–Crippen MR) is 97.2 cm³/mol. The topological polar surface area (TPSA) is 52.1 Å². The number of aliphatic hydroxyl groups excluding tert-OH is 1. The van der Waals surface area contributed by atoms with E-state index >= 15 is 0 Å². The van der Waals surface area contributed by atoms with E-state index in [9.17, 15) is 5.11 Å². The molecule has 4 heteroatoms. The van der Waals surface area contributed by atoms with E-state index < -0.39 is 0 Å². The first-order valence-corrected chi connectivity index (χ1v) is 8.71. The van der Waals surface area contributed by atoms with Gasteiger partial charge in [0.2, 0.25) is 0 Å². The molecule has 0 aliphatic carbocycles. The summed E-state index contributed by atoms with van der Waals surface area (Å²) in [5, 5.41) is 11.7. The number of piperidine rings is 1. The second-order valence-electron chi connectivity index (χ2n) is 6.67. The highest BCUT2D eigenvalue weighted by atomic mass is 16.3. The highest BCUT2D eigenvalue weighted by Gasteiger charge is 2.26. The summed E-state index contributed by atoms with van der Waals surface area (Å²) in [5.74, 6) is 1.40. The second-order valence-corrected chi connectivity index (χ2v) is 6.67. The molecule has 4 rings (SSSR count). The molecule has 1 atom stereocenters. The van der Waals surface area contributed by atoms with Crippen molar-refractivity contribution in [3.8, 4) is 0 Å². The van der Waals surface area contributed by atoms with Gasteiger partial charge in [0.15, 0.2) is 0 Å². The van der Waals surface area contributed by atoms with Gasteiger partial charge in [-0.3, -0.25) is 0 Å². The van der Waals surface area contributed by atoms with E-state index in [1.807, 2.05) is 30.5 Å². The predicted octanol–water partition coefficient (Wildman–Crippen LogP) is 3.38. The molecule has 1 aromatic carbocycles. The Kier molecular flexibility index (Phi) is 4.22. The van der Waals surface area contributed by atoms with E-state index in [0.717, 1.165) is 49.2 Å². The van der Waals surface area contributed by atoms with E-state index in [0.29, 0.717) is 5.92 Å². The molecule has 0 unspecified atom stereocenters. The third-order valence-corrected chi connectivity index (χ3v) is 5.09. The van der Waals surface area contributed by atoms with Gasteiger partial charge in [-0.25, -0.2) is 4.98 Å². The first-order chi connectivity index (χ1) is 11.8. The molecule has 24 heavy (non-hydrogen) atoms. The summed E-state index contributed by atoms with van der Waals surface area (Å²) in [4.78, 5) is 10.2. The molecule has 2 aromatic heterocycles. The molecule has 0 radical (unpaired) electrons. The van der Waals surface area contributed by atoms with Crippen LogP contribution in [0.4, 0.5) is 5.82 Å². The number of nitrogens with zero attached hydrogens (tertiary/aromatic N) is 2. The maximum Gasteiger partial charge on any atom is 0.139 e. The SMILES string of the molecule is O[C@H](Cc1ccccc1)C1CCN(c2ccc3cc[nH]c3n2)CC1. The molecule has 0 spiro atoms. The van der Waals surface area contributed by atoms with Crippen LogP contribution in [0.5, 0.6) is 0 Å². The van der Waals surface area contributed by atoms with Crippen LogP contribution in [0, 0.1) is 5.92 Å². The number of aromatic nitrogens is 2. The van der Waals surface area contributed by atoms with Crippen LogP contribution in [0.25, 0.3) is 11.0 Å². The fraction of sp³-hybridized carbons (Fsp3) is 0.350. The van der Waals surface area contributed by atoms with Gasteiger partial charge in [0, 0.05) is 24.7 Å². The van der Waals surface area contributed by atoms with Crippen molar-refractivity contribution in [3.63, 3.8) is 0 Å². The van der Waals surface area contributed by atoms with Gasteiger partial charge in [0.25, 0.3) is 0 Å². The van der Waals surface area contributed by atoms with Crippen molar-refractivity contribution in [3.05, 3.63) is 60.3 Å². The highest BCUT2D eigenvalue weighted by molar-refractivity contribution is 5.77. The van der Waals surface area contributed by atoms with E-state index in [-0.39, 0.29) is 6.10 Å². The van der Waals surface area contributed by atoms with Crippen LogP contribution < -0.4 is 4.90 Å². The lowest BCUT2D eigenvalue weighted by Gasteiger charge is -2.35. The summed E-state index contributed by atoms with van der Waals surface area (Å²) in [6.07, 6.45) is 4.44. The Morgan fingerprint density at radius 3 is 2.67 bits per heavy atom. The van der Waals surface area contributed by atoms with Gasteiger partial charge in [-0.1, -0.05) is 30.3 Å². The van der Waals surface area contributed by atoms with Gasteiger partial charge in [-0.05, 0) is 48.9 Å². The van der Waals surface area contributed by atoms with Gasteiger partial charge < -0.3 is 15.0 Å². The quantitative estimate of drug-likeness (QED) is 0.774. The van der Waals surface area contributed by atoms with Crippen LogP contribution in [0.2, 0.25) is 0 Å². The molecule has 1 fully saturated rings. The molecule has 1 saturated heterocycles. The van der Waals surface area contributed by atoms with E-state index in [4.69, 9.17) is 4.98 Å². The van der Waals surface area contributed by atoms with Crippen LogP contribution in [0.15, 0.2) is 54.7 Å². The van der Waals surface area contributed by atoms with Crippen molar-refractivity contribution >= 4 is 16.9 Å². The molecule has 4 nitrogen and oxygen atoms in total. The summed E-state index contributed by atoms with van der Waals surface area (Å²) < 4.78 is 0. The zero-order valence-corrected chi connectivity index (χ0v) is 13.7. The Hall–Kier alpha value is -2.33. The monoisotopic (exact) mass is 321 g/mol. The number of H-pyrrole nitrogens is 1. The van der Waals surface area contributed by atoms with Crippen molar-refractivity contribution < 1.29 is 5.11 Å². The van der Waals surface area contributed by atoms with E-state index in [1.54, 1.807) is 0 Å². The summed E-state index contributed by atoms with van der Waals surface area (Å²) in [6.45, 7) is 1.91. The Balaban J connectivity index is 1.37. The third kappa shape index (κ3) is 3.15. The molecule has 3 aromatic rings. The molecule has 1 aliphatic heterocycles. The largest absolute Gasteiger partial charge is 0.392 e. The normalized spacial score (nSPS) is 17.3. The van der Waals surface area contributed by atoms with Gasteiger partial charge in [-0.2, -0.15) is 0 Å². The first kappa shape index (κ1) is 15.2. The first-order valence-electron chi connectivity index (χ1n) is 8.71. The number of nitrogens with one attached hydrogen (secondary N) is 1. The van der Waals surface area contributed by atoms with Gasteiger partial charge in [0.1, 0.15) is 11.5 Å². The van der Waals surface area contributed by atoms with Crippen molar-refractivity contribution in [1.29, 1.82) is 0 Å². The lowest BCUT2D eigenvalue weighted by molar-refractivity contribution is 0.0929. The number of anilines is 1. The fourth-order valence-electron chi connectivity index (χ4n) is 3.63. The number of pyridine rings is 1. The van der Waals surface area contributed by atoms with Crippen LogP contribution in [-0.4, -0.2) is 34.3 Å². The maximum atomic E-state index is 10.6. The zero-order valence-electron chi connectivity index (χ0n) is 13.7. The van der Waals surface area contributed by atoms with Crippen molar-refractivity contribution in [2.45, 2.75) is 25.4 Å². The number of hydrogen-bond donors (Lipinski definition) is 2. The Labute approximate surface area is 142 Å². The molecule has 124 valence electrons. The second kappa shape index (κ2) is 6.65. The lowest BCUT2D eigenvalue weighted by Crippen LogP contribution is -2.38. The number of benzene rings is 1. The van der Waals surface area contributed by atoms with Crippen molar-refractivity contribution in [2.75, 3.05) is 18.0 Å². The van der Waals surface area contributed by atoms with Crippen LogP contribution in [0.3, 0.4) is 0 Å². The van der Waals surface area contributed by atoms with Crippen LogP contribution in [-0.2, 0) is 6.42 Å². The summed E-state index contributed by atoms with van der Waals surface area (Å²) in [6, 6.07) is 16.5. The lowest BCUT2D eigenvalue weighted by atomic mass is 9.88. The Morgan fingerprint density at radius 2 is 1.88 bits per heavy atom. The van der Waals surface area contributed by atoms with Gasteiger partial charge in [-0.15, -0.1) is 0 Å². The number of aromatic amines is 1. The summed E-state index contributed by atoms with van der Waals surface area (Å²) in [5.41, 5.74) is 2.16. The zero-order chi connectivity index (χ0) is 16.4. The van der Waals surface area contributed by atoms with Gasteiger partial charge in [0.05, 0.1) is 6.10 Å². The smallest absolute Gasteiger partial charge is 0.139 e. The summed E-state index contributed by atoms with van der Waals surface area (Å²) >= 11 is 0. The van der Waals surface area contributed by atoms with E-state index in [1.165, 1.54) is 5.56 Å². The summed E-state index contributed by atoms with van der Waals surface area (Å²) in [7, 11) is 0. The maximum absolute atomic E-state index is 10.6. The van der Waals surface area contributed by atoms with Crippen molar-refractivity contribution in [2.24, 2.45) is 5.92 Å². The Bertz CT molecular complexity index is 791. The standard InChI is InChI=1S/C20H23N3O/c24-18(14-15-4-2-1-3-5-15)16-9-12-23(13-10-16)19-7-6-17-8-11-21-20(17)22-19/h1-8,11,16,18,24H,9-10,12-14H2,(H,21,22)/t18-/m1/s1. The number of fused-ring (bicyclic) bond motifs is 1. The molecule has 0 saturated carbocycles. The minimum absolute atomic E-state index is 0.256. The minimum Gasteiger partial charge on any atom is -0.392 e. The van der Waals surface area contributed by atoms with E-state index in [2.05, 4.69) is 34.1 Å². The number of hydrogen-bond acceptors (Lipinski definition) is 3. The Morgan fingerprint density at radius 1 is 1.08 bits per heavy atom. The number of aliphatic hydroxyl groups is 1. The molecule has 2 N–H and O–H groups in total. The molecule has 1 aliphatic rings. The fourth-order valence-corrected chi connectivity index (χ4v) is 3.63. The van der Waals surface area contributed by atoms with Gasteiger partial charge >= 0.3 is 0 Å². The minimum atomic E-state index is -0.256. The molecular formula is C20H23N3O. The highest BCUT2D eigenvalue weighted by Crippen LogP contribution is 2.26. The molecule has 3 heterocycles. The molecular weight excluding hydrogens is 298 g/mol. The molecule has 0 amide bonds. The molecule has 0 bridgehead atoms.